The van der Waals surface area contributed by atoms with E-state index in [1.165, 1.54) is 13.2 Å². The number of aliphatic hydroxyl groups is 1. The normalized spacial score (nSPS) is 33.9. The van der Waals surface area contributed by atoms with Gasteiger partial charge in [-0.3, -0.25) is 4.79 Å². The van der Waals surface area contributed by atoms with Crippen molar-refractivity contribution in [1.29, 1.82) is 0 Å². The highest BCUT2D eigenvalue weighted by Gasteiger charge is 2.58. The smallest absolute Gasteiger partial charge is 0.331 e. The number of methoxy groups -OCH3 is 1. The topological polar surface area (TPSA) is 72.8 Å². The summed E-state index contributed by atoms with van der Waals surface area (Å²) in [6.45, 7) is 6.41. The number of hydrogen-bond donors (Lipinski definition) is 1. The number of hydrogen-bond acceptors (Lipinski definition) is 5. The molecule has 30 heavy (non-hydrogen) atoms. The molecule has 0 spiro atoms. The van der Waals surface area contributed by atoms with Crippen molar-refractivity contribution < 1.29 is 24.2 Å². The number of esters is 2. The van der Waals surface area contributed by atoms with Gasteiger partial charge in [0.1, 0.15) is 6.10 Å². The van der Waals surface area contributed by atoms with E-state index in [9.17, 15) is 14.7 Å². The Balaban J connectivity index is 1.90. The van der Waals surface area contributed by atoms with Crippen LogP contribution in [0.2, 0.25) is 0 Å². The van der Waals surface area contributed by atoms with Crippen molar-refractivity contribution in [3.05, 3.63) is 42.0 Å². The Kier molecular flexibility index (Phi) is 7.02. The van der Waals surface area contributed by atoms with E-state index in [0.29, 0.717) is 12.3 Å². The molecule has 1 aromatic rings. The van der Waals surface area contributed by atoms with Crippen LogP contribution in [0.4, 0.5) is 0 Å². The lowest BCUT2D eigenvalue weighted by Crippen LogP contribution is -2.58. The number of ether oxygens (including phenoxy) is 2. The van der Waals surface area contributed by atoms with Gasteiger partial charge in [-0.15, -0.1) is 0 Å². The first kappa shape index (κ1) is 22.5. The molecule has 0 saturated heterocycles. The number of carbonyl (C=O) groups excluding carboxylic acids is 2. The summed E-state index contributed by atoms with van der Waals surface area (Å²) in [5.74, 6) is -1.33. The molecule has 1 N–H and O–H groups in total. The summed E-state index contributed by atoms with van der Waals surface area (Å²) in [7, 11) is 1.35. The van der Waals surface area contributed by atoms with E-state index in [-0.39, 0.29) is 17.3 Å². The minimum Gasteiger partial charge on any atom is -0.469 e. The molecule has 1 aromatic carbocycles. The van der Waals surface area contributed by atoms with Crippen LogP contribution in [0.15, 0.2) is 36.4 Å². The van der Waals surface area contributed by atoms with E-state index < -0.39 is 30.1 Å². The van der Waals surface area contributed by atoms with Crippen molar-refractivity contribution >= 4 is 18.0 Å². The van der Waals surface area contributed by atoms with Crippen LogP contribution in [0.1, 0.15) is 52.0 Å². The third kappa shape index (κ3) is 4.61. The highest BCUT2D eigenvalue weighted by atomic mass is 16.5. The number of aliphatic hydroxyl groups excluding tert-OH is 1. The van der Waals surface area contributed by atoms with Crippen LogP contribution in [0.3, 0.4) is 0 Å². The second-order valence-electron chi connectivity index (χ2n) is 9.43. The Morgan fingerprint density at radius 3 is 2.47 bits per heavy atom. The first-order chi connectivity index (χ1) is 14.3. The average Bonchev–Trinajstić information content (AvgIpc) is 2.73. The predicted molar refractivity (Wildman–Crippen MR) is 115 cm³/mol. The minimum atomic E-state index is -0.775. The molecule has 164 valence electrons. The summed E-state index contributed by atoms with van der Waals surface area (Å²) in [4.78, 5) is 25.4. The maximum Gasteiger partial charge on any atom is 0.331 e. The molecule has 0 heterocycles. The van der Waals surface area contributed by atoms with Crippen LogP contribution < -0.4 is 0 Å². The first-order valence-corrected chi connectivity index (χ1v) is 11.0. The lowest BCUT2D eigenvalue weighted by molar-refractivity contribution is -0.193. The molecular formula is C25H34O5. The lowest BCUT2D eigenvalue weighted by Gasteiger charge is -2.55. The maximum atomic E-state index is 12.8. The van der Waals surface area contributed by atoms with Crippen molar-refractivity contribution in [1.82, 2.24) is 0 Å². The van der Waals surface area contributed by atoms with Gasteiger partial charge < -0.3 is 14.6 Å². The molecule has 6 atom stereocenters. The molecule has 5 nitrogen and oxygen atoms in total. The van der Waals surface area contributed by atoms with E-state index in [1.54, 1.807) is 6.08 Å². The molecule has 2 aliphatic rings. The van der Waals surface area contributed by atoms with Gasteiger partial charge in [-0.05, 0) is 54.6 Å². The fourth-order valence-electron chi connectivity index (χ4n) is 5.53. The fraction of sp³-hybridized carbons (Fsp3) is 0.600. The molecule has 0 aliphatic heterocycles. The highest BCUT2D eigenvalue weighted by molar-refractivity contribution is 5.87. The molecule has 0 aromatic heterocycles. The summed E-state index contributed by atoms with van der Waals surface area (Å²) < 4.78 is 11.1. The van der Waals surface area contributed by atoms with E-state index in [2.05, 4.69) is 20.8 Å². The van der Waals surface area contributed by atoms with Gasteiger partial charge in [-0.25, -0.2) is 4.79 Å². The van der Waals surface area contributed by atoms with Crippen LogP contribution >= 0.6 is 0 Å². The summed E-state index contributed by atoms with van der Waals surface area (Å²) in [5, 5.41) is 10.7. The van der Waals surface area contributed by atoms with Gasteiger partial charge in [-0.1, -0.05) is 51.1 Å². The zero-order valence-electron chi connectivity index (χ0n) is 18.4. The average molecular weight is 415 g/mol. The molecule has 0 unspecified atom stereocenters. The molecule has 0 bridgehead atoms. The lowest BCUT2D eigenvalue weighted by atomic mass is 9.52. The minimum absolute atomic E-state index is 0.134. The van der Waals surface area contributed by atoms with Gasteiger partial charge in [0.2, 0.25) is 0 Å². The van der Waals surface area contributed by atoms with E-state index in [1.807, 2.05) is 30.3 Å². The SMILES string of the molecule is COC(=O)[C@H]1[C@@H]2[C@H](OC(=O)C=Cc3ccccc3)[C@H](C(C)C)CC[C@@]2(C)CC[C@H]1O. The van der Waals surface area contributed by atoms with Crippen molar-refractivity contribution in [3.8, 4) is 0 Å². The summed E-state index contributed by atoms with van der Waals surface area (Å²) >= 11 is 0. The van der Waals surface area contributed by atoms with Crippen LogP contribution in [0, 0.1) is 29.1 Å². The predicted octanol–water partition coefficient (Wildman–Crippen LogP) is 4.24. The molecular weight excluding hydrogens is 380 g/mol. The molecule has 2 fully saturated rings. The number of benzene rings is 1. The van der Waals surface area contributed by atoms with Crippen LogP contribution in [0.25, 0.3) is 6.08 Å². The van der Waals surface area contributed by atoms with E-state index >= 15 is 0 Å². The van der Waals surface area contributed by atoms with Crippen LogP contribution in [-0.4, -0.2) is 36.4 Å². The summed E-state index contributed by atoms with van der Waals surface area (Å²) in [6.07, 6.45) is 5.24. The Hall–Kier alpha value is -2.14. The number of fused-ring (bicyclic) bond motifs is 1. The molecule has 2 saturated carbocycles. The summed E-state index contributed by atoms with van der Waals surface area (Å²) in [5.41, 5.74) is 0.751. The second-order valence-corrected chi connectivity index (χ2v) is 9.43. The molecule has 0 radical (unpaired) electrons. The standard InChI is InChI=1S/C25H34O5/c1-16(2)18-12-14-25(3)15-13-19(26)21(24(28)29-4)22(25)23(18)30-20(27)11-10-17-8-6-5-7-9-17/h5-11,16,18-19,21-23,26H,12-15H2,1-4H3/t18-,19+,21+,22+,23+,25-/m0/s1. The van der Waals surface area contributed by atoms with Gasteiger partial charge >= 0.3 is 11.9 Å². The third-order valence-electron chi connectivity index (χ3n) is 7.24. The van der Waals surface area contributed by atoms with Crippen molar-refractivity contribution in [2.45, 2.75) is 58.7 Å². The fourth-order valence-corrected chi connectivity index (χ4v) is 5.53. The zero-order valence-corrected chi connectivity index (χ0v) is 18.4. The van der Waals surface area contributed by atoms with Crippen molar-refractivity contribution in [3.63, 3.8) is 0 Å². The Labute approximate surface area is 179 Å². The van der Waals surface area contributed by atoms with Crippen LogP contribution in [-0.2, 0) is 19.1 Å². The quantitative estimate of drug-likeness (QED) is 0.576. The zero-order chi connectivity index (χ0) is 21.9. The van der Waals surface area contributed by atoms with Crippen molar-refractivity contribution in [2.24, 2.45) is 29.1 Å². The first-order valence-electron chi connectivity index (χ1n) is 11.0. The van der Waals surface area contributed by atoms with Gasteiger partial charge in [0.15, 0.2) is 0 Å². The Morgan fingerprint density at radius 2 is 1.83 bits per heavy atom. The van der Waals surface area contributed by atoms with Gasteiger partial charge in [-0.2, -0.15) is 0 Å². The molecule has 5 heteroatoms. The van der Waals surface area contributed by atoms with Gasteiger partial charge in [0, 0.05) is 12.0 Å². The van der Waals surface area contributed by atoms with Crippen LogP contribution in [0.5, 0.6) is 0 Å². The number of carbonyl (C=O) groups is 2. The van der Waals surface area contributed by atoms with E-state index in [0.717, 1.165) is 24.8 Å². The van der Waals surface area contributed by atoms with Gasteiger partial charge in [0.05, 0.1) is 19.1 Å². The van der Waals surface area contributed by atoms with Gasteiger partial charge in [0.25, 0.3) is 0 Å². The number of rotatable bonds is 5. The Bertz CT molecular complexity index is 771. The molecule has 3 rings (SSSR count). The molecule has 2 aliphatic carbocycles. The largest absolute Gasteiger partial charge is 0.469 e. The second kappa shape index (κ2) is 9.34. The summed E-state index contributed by atoms with van der Waals surface area (Å²) in [6, 6.07) is 9.59. The molecule has 0 amide bonds. The Morgan fingerprint density at radius 1 is 1.17 bits per heavy atom. The highest BCUT2D eigenvalue weighted by Crippen LogP contribution is 2.56. The van der Waals surface area contributed by atoms with E-state index in [4.69, 9.17) is 9.47 Å². The monoisotopic (exact) mass is 414 g/mol. The van der Waals surface area contributed by atoms with Crippen molar-refractivity contribution in [2.75, 3.05) is 7.11 Å². The third-order valence-corrected chi connectivity index (χ3v) is 7.24. The maximum absolute atomic E-state index is 12.8.